The number of hydrogen-bond donors (Lipinski definition) is 1. The van der Waals surface area contributed by atoms with E-state index in [0.29, 0.717) is 0 Å². The van der Waals surface area contributed by atoms with Crippen molar-refractivity contribution in [1.29, 1.82) is 0 Å². The van der Waals surface area contributed by atoms with E-state index in [-0.39, 0.29) is 12.6 Å². The van der Waals surface area contributed by atoms with Crippen LogP contribution in [0, 0.1) is 6.92 Å². The van der Waals surface area contributed by atoms with Crippen LogP contribution < -0.4 is 0 Å². The molecule has 1 aromatic carbocycles. The van der Waals surface area contributed by atoms with Gasteiger partial charge in [0.2, 0.25) is 0 Å². The lowest BCUT2D eigenvalue weighted by Crippen LogP contribution is -2.22. The van der Waals surface area contributed by atoms with E-state index in [4.69, 9.17) is 9.84 Å². The van der Waals surface area contributed by atoms with Crippen LogP contribution in [0.5, 0.6) is 0 Å². The molecule has 0 atom stereocenters. The fraction of sp³-hybridized carbons (Fsp3) is 0.471. The molecular formula is C17H24O3. The Morgan fingerprint density at radius 2 is 2.05 bits per heavy atom. The summed E-state index contributed by atoms with van der Waals surface area (Å²) in [5.41, 5.74) is 2.80. The minimum Gasteiger partial charge on any atom is -0.457 e. The van der Waals surface area contributed by atoms with Gasteiger partial charge in [0.25, 0.3) is 0 Å². The van der Waals surface area contributed by atoms with E-state index in [1.54, 1.807) is 6.08 Å². The maximum Gasteiger partial charge on any atom is 0.331 e. The molecule has 1 aromatic rings. The summed E-state index contributed by atoms with van der Waals surface area (Å²) in [6, 6.07) is 6.03. The highest BCUT2D eigenvalue weighted by Gasteiger charge is 2.14. The number of aryl methyl sites for hydroxylation is 2. The summed E-state index contributed by atoms with van der Waals surface area (Å²) in [5, 5.41) is 8.94. The molecule has 1 N–H and O–H groups in total. The number of hydrogen-bond acceptors (Lipinski definition) is 3. The van der Waals surface area contributed by atoms with Crippen LogP contribution in [-0.2, 0) is 16.0 Å². The van der Waals surface area contributed by atoms with Crippen LogP contribution >= 0.6 is 0 Å². The topological polar surface area (TPSA) is 46.5 Å². The monoisotopic (exact) mass is 276 g/mol. The van der Waals surface area contributed by atoms with Crippen molar-refractivity contribution in [3.63, 3.8) is 0 Å². The molecular weight excluding hydrogens is 252 g/mol. The number of aliphatic hydroxyl groups is 1. The summed E-state index contributed by atoms with van der Waals surface area (Å²) >= 11 is 0. The molecule has 0 bridgehead atoms. The Morgan fingerprint density at radius 1 is 1.35 bits per heavy atom. The van der Waals surface area contributed by atoms with Gasteiger partial charge in [0.15, 0.2) is 0 Å². The predicted molar refractivity (Wildman–Crippen MR) is 81.5 cm³/mol. The second-order valence-corrected chi connectivity index (χ2v) is 5.84. The quantitative estimate of drug-likeness (QED) is 0.663. The zero-order chi connectivity index (χ0) is 15.2. The van der Waals surface area contributed by atoms with E-state index in [0.717, 1.165) is 29.5 Å². The smallest absolute Gasteiger partial charge is 0.331 e. The molecule has 0 unspecified atom stereocenters. The Kier molecular flexibility index (Phi) is 5.96. The van der Waals surface area contributed by atoms with E-state index in [1.807, 2.05) is 45.9 Å². The Bertz CT molecular complexity index is 481. The third kappa shape index (κ3) is 5.57. The number of aliphatic hydroxyl groups excluding tert-OH is 1. The van der Waals surface area contributed by atoms with Crippen molar-refractivity contribution >= 4 is 12.0 Å². The van der Waals surface area contributed by atoms with Crippen LogP contribution in [0.1, 0.15) is 43.9 Å². The zero-order valence-electron chi connectivity index (χ0n) is 12.8. The molecule has 0 saturated heterocycles. The van der Waals surface area contributed by atoms with Gasteiger partial charge in [-0.15, -0.1) is 0 Å². The van der Waals surface area contributed by atoms with Crippen molar-refractivity contribution in [3.05, 3.63) is 41.0 Å². The van der Waals surface area contributed by atoms with Crippen LogP contribution in [0.25, 0.3) is 6.08 Å². The lowest BCUT2D eigenvalue weighted by molar-refractivity contribution is -0.148. The van der Waals surface area contributed by atoms with Gasteiger partial charge in [0.05, 0.1) is 0 Å². The summed E-state index contributed by atoms with van der Waals surface area (Å²) in [5.74, 6) is -0.339. The van der Waals surface area contributed by atoms with E-state index in [9.17, 15) is 4.79 Å². The van der Waals surface area contributed by atoms with E-state index in [1.165, 1.54) is 6.08 Å². The van der Waals surface area contributed by atoms with Crippen molar-refractivity contribution in [2.75, 3.05) is 6.61 Å². The van der Waals surface area contributed by atoms with Crippen molar-refractivity contribution in [2.24, 2.45) is 0 Å². The highest BCUT2D eigenvalue weighted by molar-refractivity contribution is 5.87. The van der Waals surface area contributed by atoms with Crippen LogP contribution in [0.4, 0.5) is 0 Å². The number of esters is 1. The first-order valence-electron chi connectivity index (χ1n) is 6.94. The first-order chi connectivity index (χ1) is 9.33. The molecule has 0 radical (unpaired) electrons. The number of carbonyl (C=O) groups is 1. The molecule has 20 heavy (non-hydrogen) atoms. The highest BCUT2D eigenvalue weighted by atomic mass is 16.6. The minimum atomic E-state index is -0.479. The summed E-state index contributed by atoms with van der Waals surface area (Å²) in [6.07, 6.45) is 4.79. The summed E-state index contributed by atoms with van der Waals surface area (Å²) in [6.45, 7) is 7.72. The zero-order valence-corrected chi connectivity index (χ0v) is 12.8. The van der Waals surface area contributed by atoms with Crippen molar-refractivity contribution in [1.82, 2.24) is 0 Å². The van der Waals surface area contributed by atoms with Gasteiger partial charge in [0, 0.05) is 12.7 Å². The number of benzene rings is 1. The second-order valence-electron chi connectivity index (χ2n) is 5.84. The number of carbonyl (C=O) groups excluding carboxylic acids is 1. The highest BCUT2D eigenvalue weighted by Crippen LogP contribution is 2.18. The van der Waals surface area contributed by atoms with E-state index < -0.39 is 5.60 Å². The third-order valence-electron chi connectivity index (χ3n) is 2.81. The molecule has 0 spiro atoms. The molecule has 0 aliphatic rings. The van der Waals surface area contributed by atoms with Crippen molar-refractivity contribution in [3.8, 4) is 0 Å². The van der Waals surface area contributed by atoms with Gasteiger partial charge in [-0.1, -0.05) is 18.2 Å². The average molecular weight is 276 g/mol. The van der Waals surface area contributed by atoms with Gasteiger partial charge in [-0.05, 0) is 63.3 Å². The minimum absolute atomic E-state index is 0.170. The second kappa shape index (κ2) is 7.25. The van der Waals surface area contributed by atoms with Gasteiger partial charge in [0.1, 0.15) is 5.60 Å². The van der Waals surface area contributed by atoms with Crippen molar-refractivity contribution < 1.29 is 14.6 Å². The predicted octanol–water partition coefficient (Wildman–Crippen LogP) is 3.27. The molecule has 0 amide bonds. The Labute approximate surface area is 121 Å². The van der Waals surface area contributed by atoms with Gasteiger partial charge >= 0.3 is 5.97 Å². The number of ether oxygens (including phenoxy) is 1. The molecule has 1 rings (SSSR count). The molecule has 0 aliphatic carbocycles. The summed E-state index contributed by atoms with van der Waals surface area (Å²) in [7, 11) is 0. The molecule has 0 aliphatic heterocycles. The van der Waals surface area contributed by atoms with Crippen LogP contribution in [0.3, 0.4) is 0 Å². The van der Waals surface area contributed by atoms with Crippen LogP contribution in [0.15, 0.2) is 24.3 Å². The van der Waals surface area contributed by atoms with Gasteiger partial charge in [-0.3, -0.25) is 0 Å². The third-order valence-corrected chi connectivity index (χ3v) is 2.81. The Morgan fingerprint density at radius 3 is 2.65 bits per heavy atom. The lowest BCUT2D eigenvalue weighted by Gasteiger charge is -2.18. The summed E-state index contributed by atoms with van der Waals surface area (Å²) in [4.78, 5) is 11.7. The fourth-order valence-corrected chi connectivity index (χ4v) is 1.95. The molecule has 3 nitrogen and oxygen atoms in total. The van der Waals surface area contributed by atoms with Crippen molar-refractivity contribution in [2.45, 2.75) is 46.1 Å². The SMILES string of the molecule is Cc1cccc(CCCO)c1/C=C/C(=O)OC(C)(C)C. The van der Waals surface area contributed by atoms with E-state index in [2.05, 4.69) is 0 Å². The fourth-order valence-electron chi connectivity index (χ4n) is 1.95. The standard InChI is InChI=1S/C17H24O3/c1-13-7-5-8-14(9-6-12-18)15(13)10-11-16(19)20-17(2,3)4/h5,7-8,10-11,18H,6,9,12H2,1-4H3/b11-10+. The first-order valence-corrected chi connectivity index (χ1v) is 6.94. The molecule has 110 valence electrons. The molecule has 0 aromatic heterocycles. The maximum absolute atomic E-state index is 11.7. The molecule has 0 saturated carbocycles. The van der Waals surface area contributed by atoms with Gasteiger partial charge < -0.3 is 9.84 Å². The molecule has 0 heterocycles. The maximum atomic E-state index is 11.7. The molecule has 0 fully saturated rings. The first kappa shape index (κ1) is 16.4. The van der Waals surface area contributed by atoms with Crippen LogP contribution in [-0.4, -0.2) is 23.3 Å². The lowest BCUT2D eigenvalue weighted by atomic mass is 9.98. The van der Waals surface area contributed by atoms with Gasteiger partial charge in [-0.2, -0.15) is 0 Å². The summed E-state index contributed by atoms with van der Waals surface area (Å²) < 4.78 is 5.25. The Balaban J connectivity index is 2.87. The number of rotatable bonds is 5. The van der Waals surface area contributed by atoms with Gasteiger partial charge in [-0.25, -0.2) is 4.79 Å². The normalized spacial score (nSPS) is 11.8. The van der Waals surface area contributed by atoms with E-state index >= 15 is 0 Å². The average Bonchev–Trinajstić information content (AvgIpc) is 2.33. The van der Waals surface area contributed by atoms with Crippen LogP contribution in [0.2, 0.25) is 0 Å². The largest absolute Gasteiger partial charge is 0.457 e. The molecule has 3 heteroatoms. The Hall–Kier alpha value is -1.61.